The number of carboxylic acids is 1. The maximum atomic E-state index is 12.3. The van der Waals surface area contributed by atoms with E-state index in [0.29, 0.717) is 13.1 Å². The minimum absolute atomic E-state index is 0.0199. The minimum Gasteiger partial charge on any atom is -0.480 e. The largest absolute Gasteiger partial charge is 0.480 e. The number of carbonyl (C=O) groups is 2. The van der Waals surface area contributed by atoms with Crippen molar-refractivity contribution >= 4 is 11.9 Å². The fourth-order valence-electron chi connectivity index (χ4n) is 5.87. The molecule has 0 radical (unpaired) electrons. The summed E-state index contributed by atoms with van der Waals surface area (Å²) in [7, 11) is 0. The van der Waals surface area contributed by atoms with Crippen LogP contribution in [-0.2, 0) is 9.59 Å². The van der Waals surface area contributed by atoms with Gasteiger partial charge < -0.3 is 26.4 Å². The summed E-state index contributed by atoms with van der Waals surface area (Å²) >= 11 is 0. The lowest BCUT2D eigenvalue weighted by atomic mass is 10.1. The van der Waals surface area contributed by atoms with Crippen molar-refractivity contribution in [1.82, 2.24) is 21.3 Å². The summed E-state index contributed by atoms with van der Waals surface area (Å²) in [6, 6.07) is -0.828. The van der Waals surface area contributed by atoms with E-state index in [2.05, 4.69) is 35.1 Å². The second kappa shape index (κ2) is 37.3. The van der Waals surface area contributed by atoms with Gasteiger partial charge in [-0.3, -0.25) is 9.59 Å². The lowest BCUT2D eigenvalue weighted by Gasteiger charge is -2.14. The molecule has 0 aromatic carbocycles. The highest BCUT2D eigenvalue weighted by Crippen LogP contribution is 2.13. The van der Waals surface area contributed by atoms with Crippen LogP contribution in [0, 0.1) is 0 Å². The van der Waals surface area contributed by atoms with Crippen LogP contribution in [0.3, 0.4) is 0 Å². The Morgan fingerprint density at radius 2 is 0.778 bits per heavy atom. The van der Waals surface area contributed by atoms with Crippen LogP contribution in [-0.4, -0.2) is 62.3 Å². The average Bonchev–Trinajstić information content (AvgIpc) is 3.03. The molecule has 5 N–H and O–H groups in total. The molecule has 268 valence electrons. The van der Waals surface area contributed by atoms with Crippen molar-refractivity contribution in [1.29, 1.82) is 0 Å². The Kier molecular flexibility index (Phi) is 36.3. The van der Waals surface area contributed by atoms with Gasteiger partial charge in [0.25, 0.3) is 0 Å². The smallest absolute Gasteiger partial charge is 0.321 e. The number of aliphatic carboxylic acids is 1. The maximum absolute atomic E-state index is 12.3. The van der Waals surface area contributed by atoms with Gasteiger partial charge >= 0.3 is 5.97 Å². The Labute approximate surface area is 280 Å². The first-order valence-electron chi connectivity index (χ1n) is 19.8. The minimum atomic E-state index is -0.960. The van der Waals surface area contributed by atoms with Crippen LogP contribution in [0.15, 0.2) is 0 Å². The van der Waals surface area contributed by atoms with Crippen LogP contribution in [0.1, 0.15) is 187 Å². The summed E-state index contributed by atoms with van der Waals surface area (Å²) in [5.74, 6) is -1.15. The van der Waals surface area contributed by atoms with Crippen molar-refractivity contribution in [2.24, 2.45) is 0 Å². The van der Waals surface area contributed by atoms with Crippen molar-refractivity contribution in [3.8, 4) is 0 Å². The van der Waals surface area contributed by atoms with E-state index in [9.17, 15) is 14.7 Å². The van der Waals surface area contributed by atoms with Crippen LogP contribution in [0.5, 0.6) is 0 Å². The lowest BCUT2D eigenvalue weighted by Crippen LogP contribution is -2.42. The Hall–Kier alpha value is -1.18. The highest BCUT2D eigenvalue weighted by Gasteiger charge is 2.20. The molecule has 0 saturated heterocycles. The Morgan fingerprint density at radius 3 is 1.16 bits per heavy atom. The van der Waals surface area contributed by atoms with Gasteiger partial charge in [-0.1, -0.05) is 155 Å². The quantitative estimate of drug-likeness (QED) is 0.0433. The molecule has 7 nitrogen and oxygen atoms in total. The normalized spacial score (nSPS) is 12.0. The molecule has 0 unspecified atom stereocenters. The first kappa shape index (κ1) is 43.8. The molecule has 1 atom stereocenters. The first-order valence-corrected chi connectivity index (χ1v) is 19.8. The summed E-state index contributed by atoms with van der Waals surface area (Å²) in [5.41, 5.74) is 0. The third-order valence-corrected chi connectivity index (χ3v) is 8.88. The van der Waals surface area contributed by atoms with Gasteiger partial charge in [-0.15, -0.1) is 0 Å². The van der Waals surface area contributed by atoms with Gasteiger partial charge in [0.05, 0.1) is 6.42 Å². The van der Waals surface area contributed by atoms with Gasteiger partial charge in [-0.25, -0.2) is 0 Å². The van der Waals surface area contributed by atoms with E-state index in [1.165, 1.54) is 154 Å². The predicted octanol–water partition coefficient (Wildman–Crippen LogP) is 8.90. The Balaban J connectivity index is 3.48. The van der Waals surface area contributed by atoms with Crippen molar-refractivity contribution in [2.75, 3.05) is 39.3 Å². The van der Waals surface area contributed by atoms with E-state index in [1.54, 1.807) is 0 Å². The van der Waals surface area contributed by atoms with Crippen LogP contribution in [0.4, 0.5) is 0 Å². The van der Waals surface area contributed by atoms with E-state index < -0.39 is 12.0 Å². The second-order valence-electron chi connectivity index (χ2n) is 13.4. The Bertz CT molecular complexity index is 620. The third-order valence-electron chi connectivity index (χ3n) is 8.88. The highest BCUT2D eigenvalue weighted by atomic mass is 16.4. The van der Waals surface area contributed by atoms with Crippen LogP contribution < -0.4 is 21.3 Å². The monoisotopic (exact) mass is 639 g/mol. The van der Waals surface area contributed by atoms with Crippen molar-refractivity contribution in [2.45, 2.75) is 193 Å². The SMILES string of the molecule is CCCCCCCCCCCCCCNCCCNC(=O)C[C@H](NCCCNCCCCCCCCCCCCCC)C(=O)O. The number of amides is 1. The lowest BCUT2D eigenvalue weighted by molar-refractivity contribution is -0.141. The van der Waals surface area contributed by atoms with Crippen LogP contribution in [0.2, 0.25) is 0 Å². The van der Waals surface area contributed by atoms with Gasteiger partial charge in [-0.05, 0) is 58.4 Å². The molecular formula is C38H78N4O3. The van der Waals surface area contributed by atoms with Crippen LogP contribution in [0.25, 0.3) is 0 Å². The molecule has 45 heavy (non-hydrogen) atoms. The van der Waals surface area contributed by atoms with Gasteiger partial charge in [0.2, 0.25) is 5.91 Å². The topological polar surface area (TPSA) is 102 Å². The fraction of sp³-hybridized carbons (Fsp3) is 0.947. The van der Waals surface area contributed by atoms with E-state index in [-0.39, 0.29) is 12.3 Å². The standard InChI is InChI=1S/C38H78N4O3/c1-3-5-7-9-11-13-15-17-19-21-23-25-29-39-31-27-33-41-36(38(44)45)35-37(43)42-34-28-32-40-30-26-24-22-20-18-16-14-12-10-8-6-4-2/h36,39-41H,3-35H2,1-2H3,(H,42,43)(H,44,45)/t36-/m0/s1. The highest BCUT2D eigenvalue weighted by molar-refractivity contribution is 5.84. The molecule has 1 amide bonds. The number of unbranched alkanes of at least 4 members (excludes halogenated alkanes) is 22. The molecule has 0 aromatic heterocycles. The summed E-state index contributed by atoms with van der Waals surface area (Å²) in [6.07, 6.45) is 34.4. The number of carbonyl (C=O) groups excluding carboxylic acids is 1. The van der Waals surface area contributed by atoms with E-state index in [1.807, 2.05) is 0 Å². The first-order chi connectivity index (χ1) is 22.1. The maximum Gasteiger partial charge on any atom is 0.321 e. The molecule has 7 heteroatoms. The molecule has 0 spiro atoms. The molecule has 0 heterocycles. The zero-order valence-corrected chi connectivity index (χ0v) is 30.2. The van der Waals surface area contributed by atoms with Gasteiger partial charge in [0, 0.05) is 6.54 Å². The molecular weight excluding hydrogens is 560 g/mol. The van der Waals surface area contributed by atoms with E-state index in [0.717, 1.165) is 39.0 Å². The summed E-state index contributed by atoms with van der Waals surface area (Å²) in [5, 5.41) is 22.4. The summed E-state index contributed by atoms with van der Waals surface area (Å²) in [6.45, 7) is 9.53. The number of hydrogen-bond acceptors (Lipinski definition) is 5. The van der Waals surface area contributed by atoms with E-state index in [4.69, 9.17) is 0 Å². The molecule has 0 aromatic rings. The Morgan fingerprint density at radius 1 is 0.444 bits per heavy atom. The predicted molar refractivity (Wildman–Crippen MR) is 194 cm³/mol. The van der Waals surface area contributed by atoms with Gasteiger partial charge in [0.15, 0.2) is 0 Å². The molecule has 0 fully saturated rings. The average molecular weight is 639 g/mol. The third kappa shape index (κ3) is 35.5. The summed E-state index contributed by atoms with van der Waals surface area (Å²) in [4.78, 5) is 23.9. The molecule has 0 aliphatic heterocycles. The zero-order valence-electron chi connectivity index (χ0n) is 30.2. The number of nitrogens with one attached hydrogen (secondary N) is 4. The molecule has 0 aliphatic rings. The van der Waals surface area contributed by atoms with Gasteiger partial charge in [-0.2, -0.15) is 0 Å². The van der Waals surface area contributed by atoms with Crippen LogP contribution >= 0.6 is 0 Å². The second-order valence-corrected chi connectivity index (χ2v) is 13.4. The van der Waals surface area contributed by atoms with Crippen molar-refractivity contribution in [3.05, 3.63) is 0 Å². The molecule has 0 rings (SSSR count). The summed E-state index contributed by atoms with van der Waals surface area (Å²) < 4.78 is 0. The van der Waals surface area contributed by atoms with Crippen molar-refractivity contribution in [3.63, 3.8) is 0 Å². The van der Waals surface area contributed by atoms with E-state index >= 15 is 0 Å². The molecule has 0 aliphatic carbocycles. The van der Waals surface area contributed by atoms with Crippen molar-refractivity contribution < 1.29 is 14.7 Å². The number of hydrogen-bond donors (Lipinski definition) is 5. The number of carboxylic acid groups (broad SMARTS) is 1. The fourth-order valence-corrected chi connectivity index (χ4v) is 5.87. The number of rotatable bonds is 38. The molecule has 0 saturated carbocycles. The zero-order chi connectivity index (χ0) is 32.9. The van der Waals surface area contributed by atoms with Gasteiger partial charge in [0.1, 0.15) is 6.04 Å². The molecule has 0 bridgehead atoms.